The minimum Gasteiger partial charge on any atom is -0.354 e. The zero-order chi connectivity index (χ0) is 11.4. The first-order valence-electron chi connectivity index (χ1n) is 4.65. The zero-order valence-corrected chi connectivity index (χ0v) is 8.62. The summed E-state index contributed by atoms with van der Waals surface area (Å²) in [4.78, 5) is 16.0. The van der Waals surface area contributed by atoms with Crippen molar-refractivity contribution in [3.63, 3.8) is 0 Å². The highest BCUT2D eigenvalue weighted by atomic mass is 15.4. The van der Waals surface area contributed by atoms with E-state index in [9.17, 15) is 0 Å². The van der Waals surface area contributed by atoms with Gasteiger partial charge in [-0.05, 0) is 6.92 Å². The van der Waals surface area contributed by atoms with Crippen LogP contribution in [-0.2, 0) is 0 Å². The number of anilines is 2. The van der Waals surface area contributed by atoms with Gasteiger partial charge in [-0.15, -0.1) is 0 Å². The van der Waals surface area contributed by atoms with Gasteiger partial charge in [-0.2, -0.15) is 24.7 Å². The first-order chi connectivity index (χ1) is 7.83. The molecule has 0 aliphatic rings. The number of hydrogen-bond donors (Lipinski definition) is 3. The van der Waals surface area contributed by atoms with Crippen LogP contribution in [0.3, 0.4) is 0 Å². The first kappa shape index (κ1) is 10.2. The Morgan fingerprint density at radius 2 is 2.12 bits per heavy atom. The molecule has 0 fully saturated rings. The maximum atomic E-state index is 5.26. The molecule has 0 saturated carbocycles. The average molecular weight is 221 g/mol. The molecule has 4 N–H and O–H groups in total. The number of nitrogens with one attached hydrogen (secondary N) is 2. The number of hydrogen-bond acceptors (Lipinski definition) is 8. The van der Waals surface area contributed by atoms with Crippen LogP contribution >= 0.6 is 0 Å². The first-order valence-corrected chi connectivity index (χ1v) is 4.65. The number of aromatic nitrogens is 6. The number of nitrogens with two attached hydrogens (primary N) is 1. The molecule has 0 aliphatic carbocycles. The summed E-state index contributed by atoms with van der Waals surface area (Å²) in [6.07, 6.45) is 2.89. The second-order valence-corrected chi connectivity index (χ2v) is 2.80. The van der Waals surface area contributed by atoms with E-state index >= 15 is 0 Å². The molecule has 0 radical (unpaired) electrons. The maximum absolute atomic E-state index is 5.26. The van der Waals surface area contributed by atoms with E-state index in [2.05, 4.69) is 35.8 Å². The Labute approximate surface area is 91.1 Å². The van der Waals surface area contributed by atoms with Crippen molar-refractivity contribution in [2.45, 2.75) is 6.92 Å². The quantitative estimate of drug-likeness (QED) is 0.452. The third-order valence-electron chi connectivity index (χ3n) is 1.71. The molecule has 16 heavy (non-hydrogen) atoms. The van der Waals surface area contributed by atoms with Crippen molar-refractivity contribution in [2.75, 3.05) is 17.3 Å². The highest BCUT2D eigenvalue weighted by Gasteiger charge is 2.06. The summed E-state index contributed by atoms with van der Waals surface area (Å²) >= 11 is 0. The molecule has 2 aromatic heterocycles. The van der Waals surface area contributed by atoms with Gasteiger partial charge in [-0.25, -0.2) is 10.8 Å². The third-order valence-corrected chi connectivity index (χ3v) is 1.71. The van der Waals surface area contributed by atoms with Gasteiger partial charge < -0.3 is 5.32 Å². The number of rotatable bonds is 4. The molecule has 2 rings (SSSR count). The van der Waals surface area contributed by atoms with E-state index in [1.807, 2.05) is 6.92 Å². The fourth-order valence-electron chi connectivity index (χ4n) is 1.08. The average Bonchev–Trinajstić information content (AvgIpc) is 2.82. The molecule has 84 valence electrons. The van der Waals surface area contributed by atoms with Gasteiger partial charge in [0.1, 0.15) is 12.7 Å². The van der Waals surface area contributed by atoms with Crippen LogP contribution in [0.15, 0.2) is 12.7 Å². The van der Waals surface area contributed by atoms with Crippen LogP contribution in [0.4, 0.5) is 11.9 Å². The molecule has 0 aliphatic heterocycles. The van der Waals surface area contributed by atoms with Crippen LogP contribution in [0.1, 0.15) is 6.92 Å². The predicted octanol–water partition coefficient (Wildman–Crippen LogP) is -0.830. The molecule has 0 amide bonds. The zero-order valence-electron chi connectivity index (χ0n) is 8.62. The summed E-state index contributed by atoms with van der Waals surface area (Å²) in [6.45, 7) is 2.64. The largest absolute Gasteiger partial charge is 0.354 e. The Balaban J connectivity index is 2.41. The van der Waals surface area contributed by atoms with Crippen LogP contribution in [0.5, 0.6) is 0 Å². The summed E-state index contributed by atoms with van der Waals surface area (Å²) in [6, 6.07) is 0. The number of nitrogens with zero attached hydrogens (tertiary/aromatic N) is 6. The second kappa shape index (κ2) is 4.49. The smallest absolute Gasteiger partial charge is 0.258 e. The van der Waals surface area contributed by atoms with E-state index < -0.39 is 0 Å². The molecule has 0 saturated heterocycles. The van der Waals surface area contributed by atoms with Crippen molar-refractivity contribution < 1.29 is 0 Å². The monoisotopic (exact) mass is 221 g/mol. The molecule has 0 atom stereocenters. The van der Waals surface area contributed by atoms with E-state index in [1.54, 1.807) is 0 Å². The molecule has 0 aromatic carbocycles. The third kappa shape index (κ3) is 2.03. The summed E-state index contributed by atoms with van der Waals surface area (Å²) in [5, 5.41) is 6.88. The van der Waals surface area contributed by atoms with Gasteiger partial charge in [-0.3, -0.25) is 5.43 Å². The van der Waals surface area contributed by atoms with Gasteiger partial charge in [0, 0.05) is 6.54 Å². The molecular formula is C7H11N9. The van der Waals surface area contributed by atoms with Crippen molar-refractivity contribution in [3.05, 3.63) is 12.7 Å². The maximum Gasteiger partial charge on any atom is 0.258 e. The lowest BCUT2D eigenvalue weighted by Gasteiger charge is -2.06. The van der Waals surface area contributed by atoms with Crippen molar-refractivity contribution >= 4 is 11.9 Å². The van der Waals surface area contributed by atoms with Crippen molar-refractivity contribution in [1.29, 1.82) is 0 Å². The highest BCUT2D eigenvalue weighted by molar-refractivity contribution is 5.36. The lowest BCUT2D eigenvalue weighted by molar-refractivity contribution is 0.795. The van der Waals surface area contributed by atoms with Crippen LogP contribution in [0.25, 0.3) is 5.95 Å². The Hall–Kier alpha value is -2.29. The fraction of sp³-hybridized carbons (Fsp3) is 0.286. The molecule has 9 heteroatoms. The Kier molecular flexibility index (Phi) is 2.87. The van der Waals surface area contributed by atoms with Crippen LogP contribution in [-0.4, -0.2) is 36.3 Å². The Bertz CT molecular complexity index is 451. The van der Waals surface area contributed by atoms with Crippen molar-refractivity contribution in [2.24, 2.45) is 5.84 Å². The van der Waals surface area contributed by atoms with E-state index in [4.69, 9.17) is 5.84 Å². The Morgan fingerprint density at radius 3 is 2.75 bits per heavy atom. The molecular weight excluding hydrogens is 210 g/mol. The number of nitrogen functional groups attached to an aromatic ring is 1. The molecule has 0 bridgehead atoms. The fourth-order valence-corrected chi connectivity index (χ4v) is 1.08. The van der Waals surface area contributed by atoms with Gasteiger partial charge in [-0.1, -0.05) is 0 Å². The number of hydrazine groups is 1. The van der Waals surface area contributed by atoms with Gasteiger partial charge in [0.15, 0.2) is 0 Å². The van der Waals surface area contributed by atoms with Gasteiger partial charge in [0.25, 0.3) is 5.95 Å². The normalized spacial score (nSPS) is 10.1. The molecule has 2 aromatic rings. The minimum absolute atomic E-state index is 0.261. The van der Waals surface area contributed by atoms with E-state index in [1.165, 1.54) is 17.3 Å². The van der Waals surface area contributed by atoms with Crippen LogP contribution in [0, 0.1) is 0 Å². The predicted molar refractivity (Wildman–Crippen MR) is 56.7 cm³/mol. The van der Waals surface area contributed by atoms with Gasteiger partial charge in [0.2, 0.25) is 11.9 Å². The van der Waals surface area contributed by atoms with E-state index in [0.717, 1.165) is 0 Å². The van der Waals surface area contributed by atoms with Gasteiger partial charge in [0.05, 0.1) is 0 Å². The second-order valence-electron chi connectivity index (χ2n) is 2.80. The van der Waals surface area contributed by atoms with Crippen molar-refractivity contribution in [1.82, 2.24) is 29.7 Å². The Morgan fingerprint density at radius 1 is 1.31 bits per heavy atom. The summed E-state index contributed by atoms with van der Waals surface area (Å²) in [5.74, 6) is 6.29. The van der Waals surface area contributed by atoms with Gasteiger partial charge >= 0.3 is 0 Å². The minimum atomic E-state index is 0.261. The topological polar surface area (TPSA) is 119 Å². The van der Waals surface area contributed by atoms with E-state index in [-0.39, 0.29) is 5.95 Å². The molecule has 0 spiro atoms. The lowest BCUT2D eigenvalue weighted by atomic mass is 10.7. The van der Waals surface area contributed by atoms with Crippen LogP contribution < -0.4 is 16.6 Å². The summed E-state index contributed by atoms with van der Waals surface area (Å²) in [7, 11) is 0. The lowest BCUT2D eigenvalue weighted by Crippen LogP contribution is -2.16. The standard InChI is InChI=1S/C7H11N9/c1-2-10-5-12-6(15-8)14-7(13-5)16-4-9-3-11-16/h3-4H,2,8H2,1H3,(H2,10,12,13,14,15). The van der Waals surface area contributed by atoms with Crippen molar-refractivity contribution in [3.8, 4) is 5.95 Å². The highest BCUT2D eigenvalue weighted by Crippen LogP contribution is 2.06. The summed E-state index contributed by atoms with van der Waals surface area (Å²) in [5.41, 5.74) is 2.36. The van der Waals surface area contributed by atoms with E-state index in [0.29, 0.717) is 18.4 Å². The SMILES string of the molecule is CCNc1nc(NN)nc(-n2cncn2)n1. The van der Waals surface area contributed by atoms with Crippen LogP contribution in [0.2, 0.25) is 0 Å². The molecule has 0 unspecified atom stereocenters. The summed E-state index contributed by atoms with van der Waals surface area (Å²) < 4.78 is 1.42. The molecule has 2 heterocycles. The molecule has 9 nitrogen and oxygen atoms in total.